The van der Waals surface area contributed by atoms with E-state index in [9.17, 15) is 0 Å². The van der Waals surface area contributed by atoms with Crippen molar-refractivity contribution in [2.75, 3.05) is 0 Å². The minimum atomic E-state index is 0.553. The van der Waals surface area contributed by atoms with Gasteiger partial charge in [0.15, 0.2) is 17.5 Å². The van der Waals surface area contributed by atoms with E-state index in [-0.39, 0.29) is 0 Å². The van der Waals surface area contributed by atoms with Crippen molar-refractivity contribution >= 4 is 53.4 Å². The smallest absolute Gasteiger partial charge is 0.168 e. The molecule has 3 heterocycles. The van der Waals surface area contributed by atoms with Crippen molar-refractivity contribution < 1.29 is 4.42 Å². The van der Waals surface area contributed by atoms with Crippen molar-refractivity contribution in [2.24, 2.45) is 0 Å². The van der Waals surface area contributed by atoms with Crippen LogP contribution in [-0.4, -0.2) is 15.0 Å². The number of para-hydroxylation sites is 1. The quantitative estimate of drug-likeness (QED) is 0.171. The zero-order valence-electron chi connectivity index (χ0n) is 30.1. The Morgan fingerprint density at radius 3 is 1.59 bits per heavy atom. The SMILES string of the molecule is c1ccc(-c2ccc(-c3nc(-c4ccccc4)nc(-c4c(-c5c(-c6ccccc6)ccc6c5sc5ccccc56)ccc5c4oc4ccccc45)n3)cc2)cc1. The van der Waals surface area contributed by atoms with Gasteiger partial charge in [-0.25, -0.2) is 15.0 Å². The van der Waals surface area contributed by atoms with Crippen molar-refractivity contribution in [3.8, 4) is 67.5 Å². The maximum absolute atomic E-state index is 6.88. The van der Waals surface area contributed by atoms with Crippen LogP contribution < -0.4 is 0 Å². The minimum absolute atomic E-state index is 0.553. The number of nitrogens with zero attached hydrogens (tertiary/aromatic N) is 3. The summed E-state index contributed by atoms with van der Waals surface area (Å²) in [6.07, 6.45) is 0. The van der Waals surface area contributed by atoms with Crippen LogP contribution in [0.4, 0.5) is 0 Å². The highest BCUT2D eigenvalue weighted by atomic mass is 32.1. The fraction of sp³-hybridized carbons (Fsp3) is 0. The summed E-state index contributed by atoms with van der Waals surface area (Å²) >= 11 is 1.82. The van der Waals surface area contributed by atoms with Crippen LogP contribution in [0.3, 0.4) is 0 Å². The molecule has 0 saturated carbocycles. The number of fused-ring (bicyclic) bond motifs is 6. The second kappa shape index (κ2) is 13.3. The molecule has 0 amide bonds. The molecule has 0 aliphatic heterocycles. The zero-order valence-corrected chi connectivity index (χ0v) is 30.9. The summed E-state index contributed by atoms with van der Waals surface area (Å²) in [6.45, 7) is 0. The summed E-state index contributed by atoms with van der Waals surface area (Å²) in [7, 11) is 0. The Balaban J connectivity index is 1.24. The average molecular weight is 734 g/mol. The first kappa shape index (κ1) is 32.2. The largest absolute Gasteiger partial charge is 0.455 e. The van der Waals surface area contributed by atoms with Crippen LogP contribution in [0, 0.1) is 0 Å². The summed E-state index contributed by atoms with van der Waals surface area (Å²) in [5, 5.41) is 4.52. The molecule has 0 radical (unpaired) electrons. The highest BCUT2D eigenvalue weighted by molar-refractivity contribution is 7.26. The van der Waals surface area contributed by atoms with Crippen molar-refractivity contribution in [3.05, 3.63) is 188 Å². The molecule has 0 spiro atoms. The van der Waals surface area contributed by atoms with Crippen LogP contribution >= 0.6 is 11.3 Å². The van der Waals surface area contributed by atoms with Gasteiger partial charge < -0.3 is 4.42 Å². The van der Waals surface area contributed by atoms with Gasteiger partial charge in [0.25, 0.3) is 0 Å². The molecule has 4 nitrogen and oxygen atoms in total. The lowest BCUT2D eigenvalue weighted by Crippen LogP contribution is -2.02. The maximum atomic E-state index is 6.88. The summed E-state index contributed by atoms with van der Waals surface area (Å²) in [6, 6.07) is 65.6. The molecular weight excluding hydrogens is 703 g/mol. The maximum Gasteiger partial charge on any atom is 0.168 e. The zero-order chi connectivity index (χ0) is 37.0. The van der Waals surface area contributed by atoms with E-state index in [0.717, 1.165) is 72.0 Å². The predicted octanol–water partition coefficient (Wildman–Crippen LogP) is 14.1. The highest BCUT2D eigenvalue weighted by Gasteiger charge is 2.26. The van der Waals surface area contributed by atoms with Gasteiger partial charge in [0.2, 0.25) is 0 Å². The summed E-state index contributed by atoms with van der Waals surface area (Å²) in [5.41, 5.74) is 10.9. The molecule has 11 rings (SSSR count). The normalized spacial score (nSPS) is 11.6. The molecule has 0 saturated heterocycles. The molecule has 0 bridgehead atoms. The Kier molecular flexibility index (Phi) is 7.64. The molecule has 0 aliphatic carbocycles. The number of thiophene rings is 1. The van der Waals surface area contributed by atoms with E-state index in [0.29, 0.717) is 17.5 Å². The van der Waals surface area contributed by atoms with Gasteiger partial charge in [-0.2, -0.15) is 0 Å². The molecule has 56 heavy (non-hydrogen) atoms. The first-order chi connectivity index (χ1) is 27.8. The summed E-state index contributed by atoms with van der Waals surface area (Å²) in [4.78, 5) is 15.8. The predicted molar refractivity (Wildman–Crippen MR) is 233 cm³/mol. The fourth-order valence-electron chi connectivity index (χ4n) is 7.91. The molecule has 0 unspecified atom stereocenters. The topological polar surface area (TPSA) is 51.8 Å². The van der Waals surface area contributed by atoms with Gasteiger partial charge in [-0.3, -0.25) is 0 Å². The molecule has 3 aromatic heterocycles. The van der Waals surface area contributed by atoms with E-state index in [4.69, 9.17) is 19.4 Å². The Hall–Kier alpha value is -7.21. The van der Waals surface area contributed by atoms with Crippen LogP contribution in [0.2, 0.25) is 0 Å². The third-order valence-electron chi connectivity index (χ3n) is 10.6. The number of hydrogen-bond acceptors (Lipinski definition) is 5. The Bertz CT molecular complexity index is 3230. The van der Waals surface area contributed by atoms with Gasteiger partial charge in [0.05, 0.1) is 5.56 Å². The van der Waals surface area contributed by atoms with E-state index in [1.165, 1.54) is 20.2 Å². The number of hydrogen-bond donors (Lipinski definition) is 0. The van der Waals surface area contributed by atoms with E-state index in [1.807, 2.05) is 47.7 Å². The van der Waals surface area contributed by atoms with Crippen molar-refractivity contribution in [2.45, 2.75) is 0 Å². The monoisotopic (exact) mass is 733 g/mol. The van der Waals surface area contributed by atoms with Crippen molar-refractivity contribution in [3.63, 3.8) is 0 Å². The average Bonchev–Trinajstić information content (AvgIpc) is 3.85. The standard InChI is InChI=1S/C51H31N3OS/c1-4-14-32(15-5-1)33-24-26-36(27-25-33)50-52-49(35-18-8-3-9-19-35)53-51(54-50)46-42(31-29-40-38-20-10-12-22-43(38)55-47(40)46)45-37(34-16-6-2-7-17-34)28-30-41-39-21-11-13-23-44(39)56-48(41)45/h1-31H. The minimum Gasteiger partial charge on any atom is -0.455 e. The summed E-state index contributed by atoms with van der Waals surface area (Å²) < 4.78 is 9.33. The highest BCUT2D eigenvalue weighted by Crippen LogP contribution is 2.49. The van der Waals surface area contributed by atoms with E-state index in [1.54, 1.807) is 0 Å². The first-order valence-electron chi connectivity index (χ1n) is 18.7. The van der Waals surface area contributed by atoms with E-state index in [2.05, 4.69) is 152 Å². The third-order valence-corrected chi connectivity index (χ3v) is 11.8. The van der Waals surface area contributed by atoms with E-state index >= 15 is 0 Å². The van der Waals surface area contributed by atoms with Crippen LogP contribution in [0.15, 0.2) is 192 Å². The second-order valence-electron chi connectivity index (χ2n) is 13.9. The fourth-order valence-corrected chi connectivity index (χ4v) is 9.17. The number of aromatic nitrogens is 3. The van der Waals surface area contributed by atoms with Gasteiger partial charge in [-0.15, -0.1) is 11.3 Å². The van der Waals surface area contributed by atoms with Crippen molar-refractivity contribution in [1.82, 2.24) is 15.0 Å². The van der Waals surface area contributed by atoms with E-state index < -0.39 is 0 Å². The number of rotatable bonds is 6. The molecular formula is C51H31N3OS. The third kappa shape index (κ3) is 5.40. The van der Waals surface area contributed by atoms with Crippen LogP contribution in [0.1, 0.15) is 0 Å². The van der Waals surface area contributed by atoms with Crippen molar-refractivity contribution in [1.29, 1.82) is 0 Å². The Labute approximate surface area is 327 Å². The van der Waals surface area contributed by atoms with Gasteiger partial charge in [0.1, 0.15) is 11.2 Å². The second-order valence-corrected chi connectivity index (χ2v) is 15.0. The molecule has 0 atom stereocenters. The lowest BCUT2D eigenvalue weighted by atomic mass is 9.89. The number of benzene rings is 8. The Morgan fingerprint density at radius 2 is 0.857 bits per heavy atom. The van der Waals surface area contributed by atoms with Crippen LogP contribution in [0.25, 0.3) is 110 Å². The van der Waals surface area contributed by atoms with Gasteiger partial charge in [-0.05, 0) is 46.0 Å². The summed E-state index contributed by atoms with van der Waals surface area (Å²) in [5.74, 6) is 1.74. The molecule has 8 aromatic carbocycles. The first-order valence-corrected chi connectivity index (χ1v) is 19.5. The molecule has 0 N–H and O–H groups in total. The lowest BCUT2D eigenvalue weighted by molar-refractivity contribution is 0.669. The molecule has 262 valence electrons. The molecule has 5 heteroatoms. The van der Waals surface area contributed by atoms with Crippen LogP contribution in [-0.2, 0) is 0 Å². The Morgan fingerprint density at radius 1 is 0.339 bits per heavy atom. The van der Waals surface area contributed by atoms with Gasteiger partial charge >= 0.3 is 0 Å². The van der Waals surface area contributed by atoms with Crippen LogP contribution in [0.5, 0.6) is 0 Å². The molecule has 0 aliphatic rings. The van der Waals surface area contributed by atoms with Gasteiger partial charge in [0, 0.05) is 47.6 Å². The molecule has 0 fully saturated rings. The molecule has 11 aromatic rings. The number of furan rings is 1. The lowest BCUT2D eigenvalue weighted by Gasteiger charge is -2.17. The van der Waals surface area contributed by atoms with Gasteiger partial charge in [-0.1, -0.05) is 170 Å².